The number of fused-ring (bicyclic) bond motifs is 1. The number of aliphatic carboxylic acids is 1. The van der Waals surface area contributed by atoms with Crippen molar-refractivity contribution in [2.24, 2.45) is 0 Å². The number of benzene rings is 1. The van der Waals surface area contributed by atoms with E-state index < -0.39 is 5.97 Å². The van der Waals surface area contributed by atoms with Crippen LogP contribution in [-0.2, 0) is 11.2 Å². The third-order valence-corrected chi connectivity index (χ3v) is 4.48. The molecule has 1 aromatic rings. The molecule has 3 rings (SSSR count). The summed E-state index contributed by atoms with van der Waals surface area (Å²) in [7, 11) is 0. The minimum absolute atomic E-state index is 0.157. The number of nitrogens with zero attached hydrogens (tertiary/aromatic N) is 1. The van der Waals surface area contributed by atoms with E-state index in [-0.39, 0.29) is 12.0 Å². The van der Waals surface area contributed by atoms with Gasteiger partial charge in [0, 0.05) is 31.1 Å². The van der Waals surface area contributed by atoms with Crippen LogP contribution in [0.4, 0.5) is 0 Å². The van der Waals surface area contributed by atoms with Crippen molar-refractivity contribution in [2.75, 3.05) is 19.6 Å². The van der Waals surface area contributed by atoms with E-state index >= 15 is 0 Å². The van der Waals surface area contributed by atoms with Gasteiger partial charge in [0.05, 0.1) is 6.42 Å². The Morgan fingerprint density at radius 1 is 1.45 bits per heavy atom. The van der Waals surface area contributed by atoms with Gasteiger partial charge in [0.25, 0.3) is 0 Å². The molecular weight excluding hydrogens is 278 g/mol. The van der Waals surface area contributed by atoms with Gasteiger partial charge in [0.2, 0.25) is 0 Å². The van der Waals surface area contributed by atoms with E-state index in [0.717, 1.165) is 38.1 Å². The lowest BCUT2D eigenvalue weighted by atomic mass is 9.90. The third-order valence-electron chi connectivity index (χ3n) is 4.24. The van der Waals surface area contributed by atoms with Crippen LogP contribution in [-0.4, -0.2) is 41.2 Å². The van der Waals surface area contributed by atoms with Crippen LogP contribution >= 0.6 is 11.6 Å². The fraction of sp³-hybridized carbons (Fsp3) is 0.533. The molecule has 0 amide bonds. The molecule has 1 unspecified atom stereocenters. The fourth-order valence-electron chi connectivity index (χ4n) is 3.14. The summed E-state index contributed by atoms with van der Waals surface area (Å²) in [6.07, 6.45) is 3.14. The van der Waals surface area contributed by atoms with Gasteiger partial charge in [-0.2, -0.15) is 0 Å². The van der Waals surface area contributed by atoms with Gasteiger partial charge in [-0.05, 0) is 30.5 Å². The number of carboxylic acids is 1. The molecule has 1 saturated heterocycles. The molecule has 1 N–H and O–H groups in total. The van der Waals surface area contributed by atoms with Gasteiger partial charge in [0.15, 0.2) is 0 Å². The first kappa shape index (κ1) is 13.7. The maximum Gasteiger partial charge on any atom is 0.304 e. The number of hydrogen-bond donors (Lipinski definition) is 1. The van der Waals surface area contributed by atoms with Crippen molar-refractivity contribution in [3.63, 3.8) is 0 Å². The van der Waals surface area contributed by atoms with Crippen molar-refractivity contribution in [1.29, 1.82) is 0 Å². The lowest BCUT2D eigenvalue weighted by Crippen LogP contribution is -2.42. The number of ether oxygens (including phenoxy) is 1. The van der Waals surface area contributed by atoms with Gasteiger partial charge < -0.3 is 9.84 Å². The van der Waals surface area contributed by atoms with Gasteiger partial charge in [-0.3, -0.25) is 9.69 Å². The number of carboxylic acid groups (broad SMARTS) is 1. The summed E-state index contributed by atoms with van der Waals surface area (Å²) in [5, 5.41) is 9.46. The maximum atomic E-state index is 10.7. The van der Waals surface area contributed by atoms with Crippen molar-refractivity contribution in [2.45, 2.75) is 31.3 Å². The highest BCUT2D eigenvalue weighted by Crippen LogP contribution is 2.39. The van der Waals surface area contributed by atoms with E-state index in [2.05, 4.69) is 4.90 Å². The van der Waals surface area contributed by atoms with Gasteiger partial charge >= 0.3 is 5.97 Å². The molecule has 1 fully saturated rings. The van der Waals surface area contributed by atoms with Crippen LogP contribution in [0.5, 0.6) is 5.75 Å². The van der Waals surface area contributed by atoms with Crippen molar-refractivity contribution in [3.05, 3.63) is 28.8 Å². The van der Waals surface area contributed by atoms with Gasteiger partial charge in [-0.15, -0.1) is 0 Å². The van der Waals surface area contributed by atoms with Gasteiger partial charge in [0.1, 0.15) is 11.4 Å². The smallest absolute Gasteiger partial charge is 0.304 e. The highest BCUT2D eigenvalue weighted by atomic mass is 35.5. The summed E-state index contributed by atoms with van der Waals surface area (Å²) >= 11 is 6.03. The Hall–Kier alpha value is -1.26. The minimum Gasteiger partial charge on any atom is -0.486 e. The normalized spacial score (nSPS) is 25.4. The Morgan fingerprint density at radius 3 is 3.10 bits per heavy atom. The van der Waals surface area contributed by atoms with Gasteiger partial charge in [-0.25, -0.2) is 0 Å². The summed E-state index contributed by atoms with van der Waals surface area (Å²) in [6.45, 7) is 2.32. The molecule has 1 atom stereocenters. The molecule has 0 aliphatic carbocycles. The van der Waals surface area contributed by atoms with E-state index in [1.54, 1.807) is 0 Å². The first-order chi connectivity index (χ1) is 9.56. The van der Waals surface area contributed by atoms with Crippen LogP contribution in [0.2, 0.25) is 5.02 Å². The molecule has 2 heterocycles. The number of likely N-dealkylation sites (tertiary alicyclic amines) is 1. The molecule has 0 aromatic heterocycles. The van der Waals surface area contributed by atoms with Crippen molar-refractivity contribution >= 4 is 17.6 Å². The minimum atomic E-state index is -0.743. The van der Waals surface area contributed by atoms with Gasteiger partial charge in [-0.1, -0.05) is 17.7 Å². The molecule has 5 heteroatoms. The van der Waals surface area contributed by atoms with Crippen LogP contribution in [0.25, 0.3) is 0 Å². The first-order valence-corrected chi connectivity index (χ1v) is 7.36. The summed E-state index contributed by atoms with van der Waals surface area (Å²) in [6, 6.07) is 5.81. The SMILES string of the molecule is O=C(O)CCN1CCC2(CCc3ccc(Cl)cc3O2)C1. The monoisotopic (exact) mass is 295 g/mol. The first-order valence-electron chi connectivity index (χ1n) is 6.98. The third kappa shape index (κ3) is 2.76. The number of hydrogen-bond acceptors (Lipinski definition) is 3. The standard InChI is InChI=1S/C15H18ClNO3/c16-12-2-1-11-3-5-15(20-13(11)9-12)6-8-17(10-15)7-4-14(18)19/h1-2,9H,3-8,10H2,(H,18,19). The largest absolute Gasteiger partial charge is 0.486 e. The quantitative estimate of drug-likeness (QED) is 0.931. The molecule has 20 heavy (non-hydrogen) atoms. The predicted molar refractivity (Wildman–Crippen MR) is 76.4 cm³/mol. The zero-order valence-corrected chi connectivity index (χ0v) is 12.0. The zero-order chi connectivity index (χ0) is 14.2. The highest BCUT2D eigenvalue weighted by molar-refractivity contribution is 6.30. The van der Waals surface area contributed by atoms with E-state index in [1.165, 1.54) is 5.56 Å². The lowest BCUT2D eigenvalue weighted by Gasteiger charge is -2.35. The predicted octanol–water partition coefficient (Wildman–Crippen LogP) is 2.58. The molecule has 0 saturated carbocycles. The van der Waals surface area contributed by atoms with E-state index in [0.29, 0.717) is 11.6 Å². The number of halogens is 1. The maximum absolute atomic E-state index is 10.7. The summed E-state index contributed by atoms with van der Waals surface area (Å²) in [5.41, 5.74) is 1.06. The second-order valence-electron chi connectivity index (χ2n) is 5.71. The molecule has 0 bridgehead atoms. The molecule has 2 aliphatic rings. The number of aryl methyl sites for hydroxylation is 1. The summed E-state index contributed by atoms with van der Waals surface area (Å²) in [5.74, 6) is 0.150. The second-order valence-corrected chi connectivity index (χ2v) is 6.14. The Balaban J connectivity index is 1.68. The fourth-order valence-corrected chi connectivity index (χ4v) is 3.30. The average Bonchev–Trinajstić information content (AvgIpc) is 2.79. The Labute approximate surface area is 123 Å². The van der Waals surface area contributed by atoms with Crippen LogP contribution in [0, 0.1) is 0 Å². The van der Waals surface area contributed by atoms with Crippen LogP contribution in [0.3, 0.4) is 0 Å². The second kappa shape index (κ2) is 5.26. The Morgan fingerprint density at radius 2 is 2.30 bits per heavy atom. The van der Waals surface area contributed by atoms with E-state index in [4.69, 9.17) is 21.4 Å². The number of carbonyl (C=O) groups is 1. The molecule has 108 valence electrons. The molecule has 1 spiro atoms. The van der Waals surface area contributed by atoms with Crippen molar-refractivity contribution in [1.82, 2.24) is 4.90 Å². The topological polar surface area (TPSA) is 49.8 Å². The molecule has 2 aliphatic heterocycles. The Bertz CT molecular complexity index is 534. The zero-order valence-electron chi connectivity index (χ0n) is 11.3. The highest BCUT2D eigenvalue weighted by Gasteiger charge is 2.42. The van der Waals surface area contributed by atoms with Crippen LogP contribution in [0.15, 0.2) is 18.2 Å². The molecule has 0 radical (unpaired) electrons. The average molecular weight is 296 g/mol. The van der Waals surface area contributed by atoms with E-state index in [1.807, 2.05) is 18.2 Å². The van der Waals surface area contributed by atoms with Crippen LogP contribution < -0.4 is 4.74 Å². The Kier molecular flexibility index (Phi) is 3.61. The molecule has 4 nitrogen and oxygen atoms in total. The molecule has 1 aromatic carbocycles. The summed E-state index contributed by atoms with van der Waals surface area (Å²) in [4.78, 5) is 12.8. The number of rotatable bonds is 3. The van der Waals surface area contributed by atoms with E-state index in [9.17, 15) is 4.79 Å². The lowest BCUT2D eigenvalue weighted by molar-refractivity contribution is -0.137. The molecular formula is C15H18ClNO3. The summed E-state index contributed by atoms with van der Waals surface area (Å²) < 4.78 is 6.22. The van der Waals surface area contributed by atoms with Crippen molar-refractivity contribution in [3.8, 4) is 5.75 Å². The van der Waals surface area contributed by atoms with Crippen molar-refractivity contribution < 1.29 is 14.6 Å². The van der Waals surface area contributed by atoms with Crippen LogP contribution in [0.1, 0.15) is 24.8 Å².